The molecule has 0 aromatic rings. The minimum absolute atomic E-state index is 2.79. The molecule has 6 N–H and O–H groups in total. The van der Waals surface area contributed by atoms with Crippen LogP contribution in [0, 0.1) is 0 Å². The highest BCUT2D eigenvalue weighted by Crippen LogP contribution is 2.39. The quantitative estimate of drug-likeness (QED) is 0.131. The van der Waals surface area contributed by atoms with E-state index in [-0.39, 0.29) is 0 Å². The Morgan fingerprint density at radius 2 is 0.750 bits per heavy atom. The van der Waals surface area contributed by atoms with Crippen LogP contribution in [0.25, 0.3) is 0 Å². The summed E-state index contributed by atoms with van der Waals surface area (Å²) in [6.07, 6.45) is 0. The molecular formula is H8O8P2S2. The molecule has 78 valence electrons. The first-order valence-corrected chi connectivity index (χ1v) is 7.30. The Kier molecular flexibility index (Phi) is 13.2. The summed E-state index contributed by atoms with van der Waals surface area (Å²) in [5.74, 6) is 0. The van der Waals surface area contributed by atoms with Crippen LogP contribution in [0.1, 0.15) is 0 Å². The van der Waals surface area contributed by atoms with Crippen molar-refractivity contribution in [3.05, 3.63) is 0 Å². The number of thiol groups is 2. The molecule has 0 saturated carbocycles. The minimum atomic E-state index is -3.94. The molecule has 0 fully saturated rings. The predicted molar refractivity (Wildman–Crippen MR) is 47.3 cm³/mol. The highest BCUT2D eigenvalue weighted by molar-refractivity contribution is 8.44. The van der Waals surface area contributed by atoms with E-state index in [2.05, 4.69) is 24.5 Å². The monoisotopic (exact) mass is 262 g/mol. The van der Waals surface area contributed by atoms with Crippen LogP contribution in [0.5, 0.6) is 0 Å². The molecule has 0 amide bonds. The Balaban J connectivity index is -0.000000112. The van der Waals surface area contributed by atoms with Crippen LogP contribution in [0.15, 0.2) is 0 Å². The van der Waals surface area contributed by atoms with Crippen LogP contribution in [-0.2, 0) is 9.13 Å². The van der Waals surface area contributed by atoms with E-state index in [0.717, 1.165) is 0 Å². The van der Waals surface area contributed by atoms with Gasteiger partial charge in [-0.2, -0.15) is 0 Å². The molecule has 12 heteroatoms. The van der Waals surface area contributed by atoms with Gasteiger partial charge in [0.05, 0.1) is 0 Å². The molecule has 0 aromatic carbocycles. The minimum Gasteiger partial charge on any atom is -0.317 e. The fourth-order valence-electron chi connectivity index (χ4n) is 0. The van der Waals surface area contributed by atoms with Gasteiger partial charge < -0.3 is 19.6 Å². The van der Waals surface area contributed by atoms with E-state index in [0.29, 0.717) is 0 Å². The normalized spacial score (nSPS) is 10.3. The lowest BCUT2D eigenvalue weighted by molar-refractivity contribution is -0.176. The third kappa shape index (κ3) is 1270. The molecule has 0 aromatic heterocycles. The zero-order valence-corrected chi connectivity index (χ0v) is 8.87. The molecule has 0 atom stereocenters. The third-order valence-electron chi connectivity index (χ3n) is 0. The maximum atomic E-state index is 9.19. The maximum Gasteiger partial charge on any atom is 0.380 e. The van der Waals surface area contributed by atoms with Crippen molar-refractivity contribution in [1.82, 2.24) is 0 Å². The summed E-state index contributed by atoms with van der Waals surface area (Å²) in [7, 11) is 0. The summed E-state index contributed by atoms with van der Waals surface area (Å²) in [4.78, 5) is 30.0. The van der Waals surface area contributed by atoms with Crippen molar-refractivity contribution >= 4 is 38.1 Å². The van der Waals surface area contributed by atoms with Gasteiger partial charge in [-0.25, -0.2) is 9.13 Å². The molecule has 0 aliphatic carbocycles. The highest BCUT2D eigenvalue weighted by Gasteiger charge is 1.98. The average Bonchev–Trinajstić information content (AvgIpc) is 1.59. The van der Waals surface area contributed by atoms with E-state index in [9.17, 15) is 9.13 Å². The zero-order chi connectivity index (χ0) is 11.0. The molecule has 0 aliphatic heterocycles. The molecule has 0 radical (unpaired) electrons. The van der Waals surface area contributed by atoms with Crippen molar-refractivity contribution in [3.63, 3.8) is 0 Å². The van der Waals surface area contributed by atoms with Crippen LogP contribution in [-0.4, -0.2) is 30.1 Å². The first-order chi connectivity index (χ1) is 5.00. The van der Waals surface area contributed by atoms with Crippen molar-refractivity contribution in [2.24, 2.45) is 0 Å². The largest absolute Gasteiger partial charge is 0.380 e. The van der Waals surface area contributed by atoms with Gasteiger partial charge in [0, 0.05) is 0 Å². The Morgan fingerprint density at radius 1 is 0.750 bits per heavy atom. The standard InChI is InChI=1S/2H3O3PS.H2O2/c2*1-4(2,3)5;1-2/h2*(H3,1,2,3,5);1-2H. The summed E-state index contributed by atoms with van der Waals surface area (Å²) in [5, 5.41) is 12.0. The Hall–Kier alpha value is 0.920. The Labute approximate surface area is 77.8 Å². The van der Waals surface area contributed by atoms with Gasteiger partial charge >= 0.3 is 13.6 Å². The molecule has 0 aliphatic rings. The van der Waals surface area contributed by atoms with Gasteiger partial charge in [-0.15, -0.1) is 0 Å². The van der Waals surface area contributed by atoms with Crippen molar-refractivity contribution in [3.8, 4) is 0 Å². The molecular weight excluding hydrogens is 254 g/mol. The van der Waals surface area contributed by atoms with Crippen molar-refractivity contribution < 1.29 is 39.2 Å². The smallest absolute Gasteiger partial charge is 0.317 e. The molecule has 0 heterocycles. The fraction of sp³-hybridized carbons (Fsp3) is 0. The van der Waals surface area contributed by atoms with Crippen LogP contribution in [0.3, 0.4) is 0 Å². The van der Waals surface area contributed by atoms with Crippen molar-refractivity contribution in [2.45, 2.75) is 0 Å². The lowest BCUT2D eigenvalue weighted by Crippen LogP contribution is -1.54. The third-order valence-corrected chi connectivity index (χ3v) is 0. The lowest BCUT2D eigenvalue weighted by atomic mass is 15.0. The molecule has 0 bridgehead atoms. The highest BCUT2D eigenvalue weighted by atomic mass is 32.7. The van der Waals surface area contributed by atoms with Crippen molar-refractivity contribution in [2.75, 3.05) is 0 Å². The summed E-state index contributed by atoms with van der Waals surface area (Å²) in [5.41, 5.74) is 0. The zero-order valence-electron chi connectivity index (χ0n) is 5.29. The first-order valence-electron chi connectivity index (χ1n) is 1.77. The topological polar surface area (TPSA) is 156 Å². The number of hydrogen-bond acceptors (Lipinski definition) is 4. The summed E-state index contributed by atoms with van der Waals surface area (Å²) < 4.78 is 18.4. The van der Waals surface area contributed by atoms with Crippen LogP contribution >= 0.6 is 38.1 Å². The maximum absolute atomic E-state index is 9.19. The van der Waals surface area contributed by atoms with E-state index in [4.69, 9.17) is 30.1 Å². The number of rotatable bonds is 0. The SMILES string of the molecule is O=P(O)(O)S.O=P(O)(O)S.OO. The second-order valence-electron chi connectivity index (χ2n) is 1.03. The Bertz CT molecular complexity index is 127. The fourth-order valence-corrected chi connectivity index (χ4v) is 0. The van der Waals surface area contributed by atoms with Gasteiger partial charge in [0.15, 0.2) is 0 Å². The molecule has 0 saturated heterocycles. The molecule has 8 nitrogen and oxygen atoms in total. The van der Waals surface area contributed by atoms with Gasteiger partial charge in [0.1, 0.15) is 0 Å². The van der Waals surface area contributed by atoms with Gasteiger partial charge in [-0.3, -0.25) is 10.5 Å². The molecule has 0 spiro atoms. The summed E-state index contributed by atoms with van der Waals surface area (Å²) >= 11 is 5.58. The second kappa shape index (κ2) is 8.52. The van der Waals surface area contributed by atoms with Gasteiger partial charge in [-0.05, 0) is 0 Å². The van der Waals surface area contributed by atoms with E-state index >= 15 is 0 Å². The Morgan fingerprint density at radius 3 is 0.750 bits per heavy atom. The average molecular weight is 262 g/mol. The van der Waals surface area contributed by atoms with Gasteiger partial charge in [0.2, 0.25) is 0 Å². The molecule has 0 unspecified atom stereocenters. The van der Waals surface area contributed by atoms with Crippen LogP contribution in [0.4, 0.5) is 0 Å². The van der Waals surface area contributed by atoms with E-state index < -0.39 is 13.6 Å². The summed E-state index contributed by atoms with van der Waals surface area (Å²) in [6.45, 7) is -7.89. The van der Waals surface area contributed by atoms with Crippen LogP contribution in [0.2, 0.25) is 0 Å². The molecule has 0 rings (SSSR count). The first kappa shape index (κ1) is 18.7. The number of hydrogen-bond donors (Lipinski definition) is 8. The summed E-state index contributed by atoms with van der Waals surface area (Å²) in [6, 6.07) is 0. The van der Waals surface area contributed by atoms with E-state index in [1.54, 1.807) is 0 Å². The molecule has 12 heavy (non-hydrogen) atoms. The van der Waals surface area contributed by atoms with Gasteiger partial charge in [0.25, 0.3) is 0 Å². The van der Waals surface area contributed by atoms with Crippen LogP contribution < -0.4 is 0 Å². The lowest BCUT2D eigenvalue weighted by Gasteiger charge is -1.83. The second-order valence-corrected chi connectivity index (χ2v) is 6.21. The van der Waals surface area contributed by atoms with E-state index in [1.807, 2.05) is 0 Å². The van der Waals surface area contributed by atoms with Crippen molar-refractivity contribution in [1.29, 1.82) is 0 Å². The van der Waals surface area contributed by atoms with E-state index in [1.165, 1.54) is 0 Å². The predicted octanol–water partition coefficient (Wildman–Crippen LogP) is 0.0352. The van der Waals surface area contributed by atoms with Gasteiger partial charge in [-0.1, -0.05) is 24.5 Å².